The number of nitrogens with zero attached hydrogens (tertiary/aromatic N) is 3. The fourth-order valence-electron chi connectivity index (χ4n) is 1.53. The monoisotopic (exact) mass is 324 g/mol. The first-order valence-electron chi connectivity index (χ1n) is 6.09. The van der Waals surface area contributed by atoms with Gasteiger partial charge in [0.05, 0.1) is 6.54 Å². The largest absolute Gasteiger partial charge is 0.419 e. The number of hydrogen-bond donors (Lipinski definition) is 1. The molecule has 1 N–H and O–H groups in total. The van der Waals surface area contributed by atoms with Gasteiger partial charge in [0.1, 0.15) is 0 Å². The van der Waals surface area contributed by atoms with E-state index in [0.717, 1.165) is 23.1 Å². The van der Waals surface area contributed by atoms with Gasteiger partial charge in [0.25, 0.3) is 0 Å². The molecule has 0 fully saturated rings. The lowest BCUT2D eigenvalue weighted by Gasteiger charge is -2.08. The van der Waals surface area contributed by atoms with E-state index in [1.54, 1.807) is 0 Å². The second-order valence-corrected chi connectivity index (χ2v) is 5.40. The molecule has 0 unspecified atom stereocenters. The minimum atomic E-state index is 0.553. The van der Waals surface area contributed by atoms with Crippen molar-refractivity contribution < 1.29 is 4.42 Å². The standard InChI is InChI=1S/C13H17BrN4O/c1-18(2)8-7-15-9-12-16-17-13(19-12)10-3-5-11(14)6-4-10/h3-6,15H,7-9H2,1-2H3. The molecule has 19 heavy (non-hydrogen) atoms. The molecule has 0 aliphatic heterocycles. The number of halogens is 1. The van der Waals surface area contributed by atoms with E-state index in [1.807, 2.05) is 38.4 Å². The summed E-state index contributed by atoms with van der Waals surface area (Å²) in [7, 11) is 4.08. The van der Waals surface area contributed by atoms with Gasteiger partial charge in [-0.3, -0.25) is 0 Å². The van der Waals surface area contributed by atoms with E-state index in [0.29, 0.717) is 18.3 Å². The molecule has 0 aliphatic rings. The molecule has 1 aromatic carbocycles. The summed E-state index contributed by atoms with van der Waals surface area (Å²) in [4.78, 5) is 2.12. The highest BCUT2D eigenvalue weighted by Crippen LogP contribution is 2.20. The minimum absolute atomic E-state index is 0.553. The SMILES string of the molecule is CN(C)CCNCc1nnc(-c2ccc(Br)cc2)o1. The van der Waals surface area contributed by atoms with Gasteiger partial charge < -0.3 is 14.6 Å². The van der Waals surface area contributed by atoms with Crippen LogP contribution in [0.4, 0.5) is 0 Å². The van der Waals surface area contributed by atoms with Crippen LogP contribution in [0.25, 0.3) is 11.5 Å². The molecule has 102 valence electrons. The highest BCUT2D eigenvalue weighted by Gasteiger charge is 2.07. The summed E-state index contributed by atoms with van der Waals surface area (Å²) < 4.78 is 6.63. The van der Waals surface area contributed by atoms with Crippen molar-refractivity contribution in [3.63, 3.8) is 0 Å². The van der Waals surface area contributed by atoms with E-state index in [4.69, 9.17) is 4.42 Å². The average molecular weight is 325 g/mol. The van der Waals surface area contributed by atoms with Gasteiger partial charge in [-0.15, -0.1) is 10.2 Å². The lowest BCUT2D eigenvalue weighted by atomic mass is 10.2. The summed E-state index contributed by atoms with van der Waals surface area (Å²) >= 11 is 3.40. The smallest absolute Gasteiger partial charge is 0.247 e. The Morgan fingerprint density at radius 2 is 1.95 bits per heavy atom. The fourth-order valence-corrected chi connectivity index (χ4v) is 1.80. The van der Waals surface area contributed by atoms with Crippen molar-refractivity contribution in [2.75, 3.05) is 27.2 Å². The van der Waals surface area contributed by atoms with Crippen molar-refractivity contribution in [1.82, 2.24) is 20.4 Å². The summed E-state index contributed by atoms with van der Waals surface area (Å²) in [6.45, 7) is 2.47. The molecule has 5 nitrogen and oxygen atoms in total. The van der Waals surface area contributed by atoms with E-state index in [-0.39, 0.29) is 0 Å². The highest BCUT2D eigenvalue weighted by molar-refractivity contribution is 9.10. The Morgan fingerprint density at radius 3 is 2.63 bits per heavy atom. The van der Waals surface area contributed by atoms with Crippen LogP contribution < -0.4 is 5.32 Å². The van der Waals surface area contributed by atoms with Gasteiger partial charge in [0.2, 0.25) is 11.8 Å². The number of hydrogen-bond acceptors (Lipinski definition) is 5. The Hall–Kier alpha value is -1.24. The number of likely N-dealkylation sites (N-methyl/N-ethyl adjacent to an activating group) is 1. The summed E-state index contributed by atoms with van der Waals surface area (Å²) in [6, 6.07) is 7.80. The molecule has 0 saturated heterocycles. The summed E-state index contributed by atoms with van der Waals surface area (Å²) in [5.74, 6) is 1.16. The molecule has 0 bridgehead atoms. The number of benzene rings is 1. The minimum Gasteiger partial charge on any atom is -0.419 e. The molecule has 1 aromatic heterocycles. The molecule has 2 rings (SSSR count). The third-order valence-electron chi connectivity index (χ3n) is 2.57. The van der Waals surface area contributed by atoms with Crippen molar-refractivity contribution >= 4 is 15.9 Å². The Labute approximate surface area is 121 Å². The van der Waals surface area contributed by atoms with Crippen molar-refractivity contribution in [2.24, 2.45) is 0 Å². The Balaban J connectivity index is 1.90. The predicted octanol–water partition coefficient (Wildman–Crippen LogP) is 2.15. The number of aromatic nitrogens is 2. The van der Waals surface area contributed by atoms with Crippen LogP contribution in [0.5, 0.6) is 0 Å². The van der Waals surface area contributed by atoms with E-state index >= 15 is 0 Å². The van der Waals surface area contributed by atoms with Crippen molar-refractivity contribution in [1.29, 1.82) is 0 Å². The zero-order chi connectivity index (χ0) is 13.7. The van der Waals surface area contributed by atoms with E-state index < -0.39 is 0 Å². The van der Waals surface area contributed by atoms with E-state index in [2.05, 4.69) is 36.3 Å². The maximum Gasteiger partial charge on any atom is 0.247 e. The summed E-state index contributed by atoms with van der Waals surface area (Å²) in [5.41, 5.74) is 0.926. The lowest BCUT2D eigenvalue weighted by Crippen LogP contribution is -2.26. The molecule has 0 spiro atoms. The summed E-state index contributed by atoms with van der Waals surface area (Å²) in [6.07, 6.45) is 0. The molecule has 1 heterocycles. The Morgan fingerprint density at radius 1 is 1.21 bits per heavy atom. The average Bonchev–Trinajstić information content (AvgIpc) is 2.84. The van der Waals surface area contributed by atoms with Gasteiger partial charge >= 0.3 is 0 Å². The number of rotatable bonds is 6. The molecule has 0 aliphatic carbocycles. The lowest BCUT2D eigenvalue weighted by molar-refractivity contribution is 0.390. The topological polar surface area (TPSA) is 54.2 Å². The normalized spacial score (nSPS) is 11.2. The first-order valence-corrected chi connectivity index (χ1v) is 6.88. The van der Waals surface area contributed by atoms with Crippen LogP contribution in [0.2, 0.25) is 0 Å². The molecule has 2 aromatic rings. The van der Waals surface area contributed by atoms with E-state index in [1.165, 1.54) is 0 Å². The predicted molar refractivity (Wildman–Crippen MR) is 77.7 cm³/mol. The third-order valence-corrected chi connectivity index (χ3v) is 3.10. The highest BCUT2D eigenvalue weighted by atomic mass is 79.9. The van der Waals surface area contributed by atoms with Gasteiger partial charge in [-0.1, -0.05) is 15.9 Å². The van der Waals surface area contributed by atoms with Gasteiger partial charge in [-0.2, -0.15) is 0 Å². The quantitative estimate of drug-likeness (QED) is 0.825. The molecule has 6 heteroatoms. The van der Waals surface area contributed by atoms with Crippen LogP contribution >= 0.6 is 15.9 Å². The van der Waals surface area contributed by atoms with Crippen LogP contribution in [0.15, 0.2) is 33.2 Å². The second kappa shape index (κ2) is 6.79. The van der Waals surface area contributed by atoms with Gasteiger partial charge in [-0.25, -0.2) is 0 Å². The van der Waals surface area contributed by atoms with Gasteiger partial charge in [0.15, 0.2) is 0 Å². The molecule has 0 amide bonds. The van der Waals surface area contributed by atoms with Crippen LogP contribution in [-0.4, -0.2) is 42.3 Å². The van der Waals surface area contributed by atoms with Crippen molar-refractivity contribution in [2.45, 2.75) is 6.54 Å². The second-order valence-electron chi connectivity index (χ2n) is 4.49. The number of nitrogens with one attached hydrogen (secondary N) is 1. The first-order chi connectivity index (χ1) is 9.15. The maximum absolute atomic E-state index is 5.60. The molecular weight excluding hydrogens is 308 g/mol. The van der Waals surface area contributed by atoms with E-state index in [9.17, 15) is 0 Å². The van der Waals surface area contributed by atoms with Gasteiger partial charge in [-0.05, 0) is 38.4 Å². The van der Waals surface area contributed by atoms with Crippen LogP contribution in [-0.2, 0) is 6.54 Å². The first kappa shape index (κ1) is 14.2. The maximum atomic E-state index is 5.60. The summed E-state index contributed by atoms with van der Waals surface area (Å²) in [5, 5.41) is 11.3. The Bertz CT molecular complexity index is 510. The molecule has 0 saturated carbocycles. The molecule has 0 atom stereocenters. The van der Waals surface area contributed by atoms with Crippen LogP contribution in [0.1, 0.15) is 5.89 Å². The molecule has 0 radical (unpaired) electrons. The zero-order valence-corrected chi connectivity index (χ0v) is 12.6. The Kier molecular flexibility index (Phi) is 5.07. The zero-order valence-electron chi connectivity index (χ0n) is 11.1. The fraction of sp³-hybridized carbons (Fsp3) is 0.385. The van der Waals surface area contributed by atoms with Crippen LogP contribution in [0.3, 0.4) is 0 Å². The molecular formula is C13H17BrN4O. The van der Waals surface area contributed by atoms with Gasteiger partial charge in [0, 0.05) is 23.1 Å². The van der Waals surface area contributed by atoms with Crippen LogP contribution in [0, 0.1) is 0 Å². The third kappa shape index (κ3) is 4.41. The van der Waals surface area contributed by atoms with Crippen molar-refractivity contribution in [3.05, 3.63) is 34.6 Å². The van der Waals surface area contributed by atoms with Crippen molar-refractivity contribution in [3.8, 4) is 11.5 Å².